The average Bonchev–Trinajstić information content (AvgIpc) is 3.43. The van der Waals surface area contributed by atoms with Crippen LogP contribution in [-0.4, -0.2) is 9.13 Å². The van der Waals surface area contributed by atoms with E-state index in [1.807, 2.05) is 0 Å². The van der Waals surface area contributed by atoms with E-state index in [-0.39, 0.29) is 0 Å². The molecule has 6 rings (SSSR count). The van der Waals surface area contributed by atoms with Gasteiger partial charge in [-0.05, 0) is 66.0 Å². The van der Waals surface area contributed by atoms with Gasteiger partial charge in [0.05, 0.1) is 16.6 Å². The highest BCUT2D eigenvalue weighted by Crippen LogP contribution is 2.42. The average molecular weight is 515 g/mol. The van der Waals surface area contributed by atoms with E-state index in [1.54, 1.807) is 0 Å². The van der Waals surface area contributed by atoms with Crippen LogP contribution in [0, 0.1) is 11.3 Å². The zero-order valence-corrected chi connectivity index (χ0v) is 24.5. The minimum atomic E-state index is 0.304. The third-order valence-corrected chi connectivity index (χ3v) is 8.52. The fourth-order valence-electron chi connectivity index (χ4n) is 6.68. The standard InChI is InChI=1S/C37H42N2/c1-7-8-23-38-32-15-11-10-14-30(32)35-34(38)22-21-29-28-13-9-12-16-33(28)39(36(29)35)27-19-17-26(18-20-27)31(25(2)3)24-37(4,5)6/h9-22,25,31H,7-8,23-24H2,1-6H3. The van der Waals surface area contributed by atoms with Gasteiger partial charge in [0, 0.05) is 39.3 Å². The van der Waals surface area contributed by atoms with Crippen LogP contribution < -0.4 is 0 Å². The van der Waals surface area contributed by atoms with Crippen molar-refractivity contribution in [3.63, 3.8) is 0 Å². The largest absolute Gasteiger partial charge is 0.340 e. The summed E-state index contributed by atoms with van der Waals surface area (Å²) in [6, 6.07) is 32.1. The topological polar surface area (TPSA) is 9.86 Å². The van der Waals surface area contributed by atoms with Gasteiger partial charge in [-0.15, -0.1) is 0 Å². The van der Waals surface area contributed by atoms with E-state index in [1.165, 1.54) is 74.1 Å². The Balaban J connectivity index is 1.63. The summed E-state index contributed by atoms with van der Waals surface area (Å²) in [5.41, 5.74) is 8.26. The molecule has 2 heteroatoms. The van der Waals surface area contributed by atoms with Crippen LogP contribution in [-0.2, 0) is 6.54 Å². The molecule has 2 aromatic heterocycles. The number of aryl methyl sites for hydroxylation is 1. The van der Waals surface area contributed by atoms with E-state index in [4.69, 9.17) is 0 Å². The number of nitrogens with zero attached hydrogens (tertiary/aromatic N) is 2. The maximum atomic E-state index is 2.54. The highest BCUT2D eigenvalue weighted by molar-refractivity contribution is 6.25. The van der Waals surface area contributed by atoms with Crippen LogP contribution in [0.15, 0.2) is 84.9 Å². The van der Waals surface area contributed by atoms with Crippen molar-refractivity contribution in [1.29, 1.82) is 0 Å². The van der Waals surface area contributed by atoms with Gasteiger partial charge >= 0.3 is 0 Å². The molecule has 200 valence electrons. The summed E-state index contributed by atoms with van der Waals surface area (Å²) < 4.78 is 5.06. The van der Waals surface area contributed by atoms with Gasteiger partial charge in [0.25, 0.3) is 0 Å². The lowest BCUT2D eigenvalue weighted by Crippen LogP contribution is -2.16. The van der Waals surface area contributed by atoms with E-state index in [0.717, 1.165) is 6.54 Å². The molecule has 0 spiro atoms. The lowest BCUT2D eigenvalue weighted by atomic mass is 9.76. The zero-order chi connectivity index (χ0) is 27.3. The van der Waals surface area contributed by atoms with Gasteiger partial charge in [0.15, 0.2) is 0 Å². The molecule has 0 saturated carbocycles. The third kappa shape index (κ3) is 4.44. The second-order valence-electron chi connectivity index (χ2n) is 12.9. The first-order chi connectivity index (χ1) is 18.8. The first-order valence-electron chi connectivity index (χ1n) is 14.8. The molecule has 0 amide bonds. The lowest BCUT2D eigenvalue weighted by Gasteiger charge is -2.29. The summed E-state index contributed by atoms with van der Waals surface area (Å²) in [6.07, 6.45) is 3.56. The zero-order valence-electron chi connectivity index (χ0n) is 24.5. The Labute approximate surface area is 233 Å². The molecule has 0 aliphatic heterocycles. The molecule has 4 aromatic carbocycles. The van der Waals surface area contributed by atoms with E-state index >= 15 is 0 Å². The monoisotopic (exact) mass is 514 g/mol. The highest BCUT2D eigenvalue weighted by Gasteiger charge is 2.24. The minimum Gasteiger partial charge on any atom is -0.340 e. The Hall–Kier alpha value is -3.52. The molecule has 2 heterocycles. The lowest BCUT2D eigenvalue weighted by molar-refractivity contribution is 0.301. The van der Waals surface area contributed by atoms with Gasteiger partial charge < -0.3 is 9.13 Å². The van der Waals surface area contributed by atoms with Gasteiger partial charge in [0.1, 0.15) is 0 Å². The summed E-state index contributed by atoms with van der Waals surface area (Å²) in [7, 11) is 0. The summed E-state index contributed by atoms with van der Waals surface area (Å²) in [6.45, 7) is 15.1. The van der Waals surface area contributed by atoms with E-state index in [9.17, 15) is 0 Å². The Morgan fingerprint density at radius 3 is 2.03 bits per heavy atom. The van der Waals surface area contributed by atoms with Gasteiger partial charge in [-0.3, -0.25) is 0 Å². The second-order valence-corrected chi connectivity index (χ2v) is 12.9. The van der Waals surface area contributed by atoms with Crippen LogP contribution in [0.2, 0.25) is 0 Å². The summed E-state index contributed by atoms with van der Waals surface area (Å²) >= 11 is 0. The molecule has 6 aromatic rings. The molecule has 0 bridgehead atoms. The molecule has 39 heavy (non-hydrogen) atoms. The van der Waals surface area contributed by atoms with E-state index in [0.29, 0.717) is 17.3 Å². The number of aromatic nitrogens is 2. The predicted molar refractivity (Wildman–Crippen MR) is 170 cm³/mol. The quantitative estimate of drug-likeness (QED) is 0.200. The van der Waals surface area contributed by atoms with E-state index < -0.39 is 0 Å². The molecule has 1 atom stereocenters. The molecule has 0 N–H and O–H groups in total. The molecule has 0 aliphatic rings. The van der Waals surface area contributed by atoms with Crippen LogP contribution in [0.3, 0.4) is 0 Å². The Morgan fingerprint density at radius 1 is 0.692 bits per heavy atom. The molecule has 0 saturated heterocycles. The molecule has 0 radical (unpaired) electrons. The van der Waals surface area contributed by atoms with Crippen LogP contribution in [0.1, 0.15) is 72.3 Å². The molecule has 2 nitrogen and oxygen atoms in total. The SMILES string of the molecule is CCCCn1c2ccccc2c2c1ccc1c3ccccc3n(-c3ccc(C(CC(C)(C)C)C(C)C)cc3)c12. The Kier molecular flexibility index (Phi) is 6.53. The van der Waals surface area contributed by atoms with Crippen molar-refractivity contribution in [2.75, 3.05) is 0 Å². The van der Waals surface area contributed by atoms with Crippen molar-refractivity contribution in [2.24, 2.45) is 11.3 Å². The number of fused-ring (bicyclic) bond motifs is 7. The normalized spacial score (nSPS) is 13.4. The Morgan fingerprint density at radius 2 is 1.36 bits per heavy atom. The maximum Gasteiger partial charge on any atom is 0.0641 e. The van der Waals surface area contributed by atoms with Crippen molar-refractivity contribution >= 4 is 43.6 Å². The molecular weight excluding hydrogens is 472 g/mol. The summed E-state index contributed by atoms with van der Waals surface area (Å²) in [4.78, 5) is 0. The van der Waals surface area contributed by atoms with Gasteiger partial charge in [0.2, 0.25) is 0 Å². The number of hydrogen-bond donors (Lipinski definition) is 0. The van der Waals surface area contributed by atoms with Crippen LogP contribution >= 0.6 is 0 Å². The second kappa shape index (κ2) is 9.90. The third-order valence-electron chi connectivity index (χ3n) is 8.52. The molecule has 0 fully saturated rings. The van der Waals surface area contributed by atoms with Crippen LogP contribution in [0.5, 0.6) is 0 Å². The molecular formula is C37H42N2. The fraction of sp³-hybridized carbons (Fsp3) is 0.351. The van der Waals surface area contributed by atoms with Gasteiger partial charge in [-0.25, -0.2) is 0 Å². The minimum absolute atomic E-state index is 0.304. The van der Waals surface area contributed by atoms with Crippen molar-refractivity contribution < 1.29 is 0 Å². The number of para-hydroxylation sites is 2. The fourth-order valence-corrected chi connectivity index (χ4v) is 6.68. The molecule has 1 unspecified atom stereocenters. The number of hydrogen-bond acceptors (Lipinski definition) is 0. The van der Waals surface area contributed by atoms with Crippen molar-refractivity contribution in [3.05, 3.63) is 90.5 Å². The number of unbranched alkanes of at least 4 members (excludes halogenated alkanes) is 1. The van der Waals surface area contributed by atoms with Crippen molar-refractivity contribution in [2.45, 2.75) is 73.3 Å². The van der Waals surface area contributed by atoms with Crippen LogP contribution in [0.25, 0.3) is 49.3 Å². The Bertz CT molecular complexity index is 1770. The smallest absolute Gasteiger partial charge is 0.0641 e. The van der Waals surface area contributed by atoms with Crippen LogP contribution in [0.4, 0.5) is 0 Å². The first kappa shape index (κ1) is 25.7. The van der Waals surface area contributed by atoms with Crippen molar-refractivity contribution in [3.8, 4) is 5.69 Å². The number of rotatable bonds is 7. The van der Waals surface area contributed by atoms with Gasteiger partial charge in [-0.1, -0.05) is 103 Å². The summed E-state index contributed by atoms with van der Waals surface area (Å²) in [5, 5.41) is 5.36. The highest BCUT2D eigenvalue weighted by atomic mass is 15.0. The first-order valence-corrected chi connectivity index (χ1v) is 14.8. The van der Waals surface area contributed by atoms with E-state index in [2.05, 4.69) is 136 Å². The summed E-state index contributed by atoms with van der Waals surface area (Å²) in [5.74, 6) is 1.16. The van der Waals surface area contributed by atoms with Gasteiger partial charge in [-0.2, -0.15) is 0 Å². The maximum absolute atomic E-state index is 2.54. The molecule has 0 aliphatic carbocycles. The predicted octanol–water partition coefficient (Wildman–Crippen LogP) is 10.9. The van der Waals surface area contributed by atoms with Crippen molar-refractivity contribution in [1.82, 2.24) is 9.13 Å². The number of benzene rings is 4.